The van der Waals surface area contributed by atoms with Crippen LogP contribution in [0.4, 0.5) is 0 Å². The molecule has 0 heterocycles. The number of nitrogens with zero attached hydrogens (tertiary/aromatic N) is 1. The van der Waals surface area contributed by atoms with Gasteiger partial charge in [0.1, 0.15) is 0 Å². The van der Waals surface area contributed by atoms with Crippen LogP contribution in [0.2, 0.25) is 0 Å². The van der Waals surface area contributed by atoms with Crippen LogP contribution in [0.5, 0.6) is 0 Å². The van der Waals surface area contributed by atoms with E-state index in [4.69, 9.17) is 5.21 Å². The van der Waals surface area contributed by atoms with Crippen molar-refractivity contribution in [2.75, 3.05) is 0 Å². The van der Waals surface area contributed by atoms with Gasteiger partial charge in [0.25, 0.3) is 0 Å². The number of hydrogen-bond donors (Lipinski definition) is 1. The summed E-state index contributed by atoms with van der Waals surface area (Å²) < 4.78 is 0. The third-order valence-electron chi connectivity index (χ3n) is 4.48. The Morgan fingerprint density at radius 3 is 2.44 bits per heavy atom. The molecule has 0 spiro atoms. The summed E-state index contributed by atoms with van der Waals surface area (Å²) in [6.07, 6.45) is 4.43. The average Bonchev–Trinajstić information content (AvgIpc) is 2.48. The Morgan fingerprint density at radius 2 is 1.89 bits per heavy atom. The molecule has 0 bridgehead atoms. The van der Waals surface area contributed by atoms with Gasteiger partial charge in [-0.1, -0.05) is 36.7 Å². The van der Waals surface area contributed by atoms with Crippen molar-refractivity contribution in [3.8, 4) is 0 Å². The highest BCUT2D eigenvalue weighted by Gasteiger charge is 2.34. The van der Waals surface area contributed by atoms with Gasteiger partial charge in [-0.2, -0.15) is 0 Å². The highest BCUT2D eigenvalue weighted by Crippen LogP contribution is 2.43. The third kappa shape index (κ3) is 2.64. The molecule has 0 unspecified atom stereocenters. The molecule has 18 heavy (non-hydrogen) atoms. The number of hydrogen-bond acceptors (Lipinski definition) is 2. The zero-order valence-corrected chi connectivity index (χ0v) is 12.4. The molecular formula is C15H24ClNO. The number of halogens is 1. The van der Waals surface area contributed by atoms with Crippen LogP contribution in [0, 0.1) is 17.8 Å². The molecule has 2 aliphatic rings. The zero-order chi connectivity index (χ0) is 12.6. The highest BCUT2D eigenvalue weighted by molar-refractivity contribution is 6.03. The van der Waals surface area contributed by atoms with E-state index in [2.05, 4.69) is 32.5 Å². The predicted octanol–water partition coefficient (Wildman–Crippen LogP) is 4.59. The maximum Gasteiger partial charge on any atom is 0.0835 e. The molecule has 0 aromatic carbocycles. The number of allylic oxidation sites excluding steroid dienone is 3. The highest BCUT2D eigenvalue weighted by atomic mass is 35.5. The Bertz CT molecular complexity index is 397. The van der Waals surface area contributed by atoms with E-state index >= 15 is 0 Å². The van der Waals surface area contributed by atoms with Crippen LogP contribution in [0.15, 0.2) is 28.5 Å². The summed E-state index contributed by atoms with van der Waals surface area (Å²) >= 11 is 0. The molecule has 1 N–H and O–H groups in total. The minimum absolute atomic E-state index is 0. The van der Waals surface area contributed by atoms with Crippen molar-refractivity contribution in [1.29, 1.82) is 0 Å². The van der Waals surface area contributed by atoms with Gasteiger partial charge in [-0.15, -0.1) is 12.4 Å². The van der Waals surface area contributed by atoms with Gasteiger partial charge in [0.15, 0.2) is 0 Å². The van der Waals surface area contributed by atoms with Crippen LogP contribution in [0.1, 0.15) is 46.5 Å². The molecule has 0 aliphatic heterocycles. The van der Waals surface area contributed by atoms with Gasteiger partial charge < -0.3 is 5.21 Å². The molecule has 3 heteroatoms. The number of rotatable bonds is 1. The lowest BCUT2D eigenvalue weighted by Crippen LogP contribution is -2.08. The summed E-state index contributed by atoms with van der Waals surface area (Å²) in [5.74, 6) is 1.69. The second kappa shape index (κ2) is 5.92. The normalized spacial score (nSPS) is 33.9. The molecule has 102 valence electrons. The second-order valence-corrected chi connectivity index (χ2v) is 5.82. The SMILES string of the molecule is C=C(C)[C@@H]1CC[C@H](C)C2=C(C1)[C@@H](C)CC2=NO.Cl. The van der Waals surface area contributed by atoms with Gasteiger partial charge in [-0.05, 0) is 55.9 Å². The van der Waals surface area contributed by atoms with E-state index in [9.17, 15) is 0 Å². The minimum Gasteiger partial charge on any atom is -0.411 e. The fourth-order valence-corrected chi connectivity index (χ4v) is 3.36. The fourth-order valence-electron chi connectivity index (χ4n) is 3.36. The lowest BCUT2D eigenvalue weighted by Gasteiger charge is -2.17. The van der Waals surface area contributed by atoms with Crippen molar-refractivity contribution in [2.45, 2.75) is 46.5 Å². The largest absolute Gasteiger partial charge is 0.411 e. The van der Waals surface area contributed by atoms with Crippen molar-refractivity contribution in [2.24, 2.45) is 22.9 Å². The first-order valence-electron chi connectivity index (χ1n) is 6.64. The zero-order valence-electron chi connectivity index (χ0n) is 11.6. The Kier molecular flexibility index (Phi) is 5.03. The molecule has 0 amide bonds. The van der Waals surface area contributed by atoms with Gasteiger partial charge in [-0.3, -0.25) is 0 Å². The van der Waals surface area contributed by atoms with Crippen LogP contribution in [-0.2, 0) is 0 Å². The molecule has 2 rings (SSSR count). The Morgan fingerprint density at radius 1 is 1.22 bits per heavy atom. The maximum absolute atomic E-state index is 9.14. The van der Waals surface area contributed by atoms with Crippen LogP contribution in [0.3, 0.4) is 0 Å². The van der Waals surface area contributed by atoms with Gasteiger partial charge >= 0.3 is 0 Å². The molecule has 0 aromatic rings. The monoisotopic (exact) mass is 269 g/mol. The molecule has 0 radical (unpaired) electrons. The Labute approximate surface area is 116 Å². The molecule has 0 fully saturated rings. The van der Waals surface area contributed by atoms with E-state index in [1.54, 1.807) is 0 Å². The summed E-state index contributed by atoms with van der Waals surface area (Å²) in [7, 11) is 0. The molecule has 0 saturated heterocycles. The molecular weight excluding hydrogens is 246 g/mol. The Balaban J connectivity index is 0.00000162. The lowest BCUT2D eigenvalue weighted by atomic mass is 9.87. The first-order chi connectivity index (χ1) is 8.04. The van der Waals surface area contributed by atoms with E-state index < -0.39 is 0 Å². The standard InChI is InChI=1S/C15H23NO.ClH/c1-9(2)12-6-5-10(3)15-13(8-12)11(4)7-14(15)16-17;/h10-12,17H,1,5-8H2,2-4H3;1H/t10-,11-,12+;/m0./s1. The van der Waals surface area contributed by atoms with E-state index in [0.29, 0.717) is 17.8 Å². The van der Waals surface area contributed by atoms with Crippen LogP contribution in [0.25, 0.3) is 0 Å². The van der Waals surface area contributed by atoms with Crippen molar-refractivity contribution in [1.82, 2.24) is 0 Å². The van der Waals surface area contributed by atoms with Gasteiger partial charge in [0, 0.05) is 0 Å². The first-order valence-corrected chi connectivity index (χ1v) is 6.64. The quantitative estimate of drug-likeness (QED) is 0.422. The van der Waals surface area contributed by atoms with E-state index in [1.165, 1.54) is 29.6 Å². The average molecular weight is 270 g/mol. The summed E-state index contributed by atoms with van der Waals surface area (Å²) in [6.45, 7) is 10.8. The topological polar surface area (TPSA) is 32.6 Å². The van der Waals surface area contributed by atoms with E-state index in [0.717, 1.165) is 18.6 Å². The molecule has 3 atom stereocenters. The smallest absolute Gasteiger partial charge is 0.0835 e. The second-order valence-electron chi connectivity index (χ2n) is 5.82. The van der Waals surface area contributed by atoms with Crippen molar-refractivity contribution in [3.63, 3.8) is 0 Å². The van der Waals surface area contributed by atoms with Crippen LogP contribution < -0.4 is 0 Å². The lowest BCUT2D eigenvalue weighted by molar-refractivity contribution is 0.317. The third-order valence-corrected chi connectivity index (χ3v) is 4.48. The predicted molar refractivity (Wildman–Crippen MR) is 78.6 cm³/mol. The first kappa shape index (κ1) is 15.3. The maximum atomic E-state index is 9.14. The van der Waals surface area contributed by atoms with Gasteiger partial charge in [0.2, 0.25) is 0 Å². The van der Waals surface area contributed by atoms with Crippen LogP contribution >= 0.6 is 12.4 Å². The fraction of sp³-hybridized carbons (Fsp3) is 0.667. The van der Waals surface area contributed by atoms with Gasteiger partial charge in [-0.25, -0.2) is 0 Å². The number of oxime groups is 1. The molecule has 0 saturated carbocycles. The summed E-state index contributed by atoms with van der Waals surface area (Å²) in [5, 5.41) is 12.7. The van der Waals surface area contributed by atoms with Crippen molar-refractivity contribution < 1.29 is 5.21 Å². The van der Waals surface area contributed by atoms with E-state index in [-0.39, 0.29) is 12.4 Å². The summed E-state index contributed by atoms with van der Waals surface area (Å²) in [4.78, 5) is 0. The van der Waals surface area contributed by atoms with Crippen molar-refractivity contribution >= 4 is 18.1 Å². The Hall–Kier alpha value is -0.760. The van der Waals surface area contributed by atoms with Crippen LogP contribution in [-0.4, -0.2) is 10.9 Å². The van der Waals surface area contributed by atoms with Crippen molar-refractivity contribution in [3.05, 3.63) is 23.3 Å². The molecule has 0 aromatic heterocycles. The van der Waals surface area contributed by atoms with E-state index in [1.807, 2.05) is 0 Å². The van der Waals surface area contributed by atoms with Gasteiger partial charge in [0.05, 0.1) is 5.71 Å². The minimum atomic E-state index is 0. The summed E-state index contributed by atoms with van der Waals surface area (Å²) in [5.41, 5.74) is 5.11. The molecule has 2 aliphatic carbocycles. The molecule has 2 nitrogen and oxygen atoms in total. The summed E-state index contributed by atoms with van der Waals surface area (Å²) in [6, 6.07) is 0.